The molecule has 0 saturated heterocycles. The predicted molar refractivity (Wildman–Crippen MR) is 93.6 cm³/mol. The van der Waals surface area contributed by atoms with Crippen LogP contribution < -0.4 is 5.32 Å². The summed E-state index contributed by atoms with van der Waals surface area (Å²) >= 11 is 13.5. The quantitative estimate of drug-likeness (QED) is 0.824. The molecule has 2 N–H and O–H groups in total. The van der Waals surface area contributed by atoms with Crippen LogP contribution in [-0.2, 0) is 16.0 Å². The summed E-state index contributed by atoms with van der Waals surface area (Å²) in [5, 5.41) is 15.3. The minimum Gasteiger partial charge on any atom is -0.481 e. The van der Waals surface area contributed by atoms with E-state index < -0.39 is 5.97 Å². The summed E-state index contributed by atoms with van der Waals surface area (Å²) < 4.78 is 0. The van der Waals surface area contributed by atoms with Gasteiger partial charge in [-0.1, -0.05) is 23.2 Å². The topological polar surface area (TPSA) is 79.3 Å². The maximum Gasteiger partial charge on any atom is 0.306 e. The van der Waals surface area contributed by atoms with Gasteiger partial charge in [0.15, 0.2) is 0 Å². The van der Waals surface area contributed by atoms with Gasteiger partial charge in [-0.15, -0.1) is 11.3 Å². The smallest absolute Gasteiger partial charge is 0.306 e. The molecule has 1 heterocycles. The standard InChI is InChI=1S/C16H14Cl2N2O3S/c17-9-1-2-12(13(18)5-9)15-20-11(7-24-15)6-14(21)19-10-3-8(4-10)16(22)23/h1-2,5,7-8,10H,3-4,6H2,(H,19,21)(H,22,23). The molecule has 1 amide bonds. The lowest BCUT2D eigenvalue weighted by atomic mass is 9.80. The van der Waals surface area contributed by atoms with E-state index in [2.05, 4.69) is 10.3 Å². The van der Waals surface area contributed by atoms with Gasteiger partial charge in [-0.2, -0.15) is 0 Å². The van der Waals surface area contributed by atoms with Crippen molar-refractivity contribution in [2.24, 2.45) is 5.92 Å². The third-order valence-corrected chi connectivity index (χ3v) is 5.38. The molecule has 8 heteroatoms. The van der Waals surface area contributed by atoms with E-state index in [1.54, 1.807) is 18.2 Å². The molecule has 5 nitrogen and oxygen atoms in total. The predicted octanol–water partition coefficient (Wildman–Crippen LogP) is 3.64. The number of aliphatic carboxylic acids is 1. The van der Waals surface area contributed by atoms with Crippen LogP contribution in [0.5, 0.6) is 0 Å². The van der Waals surface area contributed by atoms with Gasteiger partial charge in [0.25, 0.3) is 0 Å². The first kappa shape index (κ1) is 17.2. The van der Waals surface area contributed by atoms with Crippen molar-refractivity contribution in [1.29, 1.82) is 0 Å². The monoisotopic (exact) mass is 384 g/mol. The number of rotatable bonds is 5. The Hall–Kier alpha value is -1.63. The van der Waals surface area contributed by atoms with Crippen molar-refractivity contribution in [3.8, 4) is 10.6 Å². The number of carbonyl (C=O) groups excluding carboxylic acids is 1. The van der Waals surface area contributed by atoms with E-state index in [0.717, 1.165) is 10.6 Å². The highest BCUT2D eigenvalue weighted by atomic mass is 35.5. The van der Waals surface area contributed by atoms with Crippen LogP contribution in [0.3, 0.4) is 0 Å². The summed E-state index contributed by atoms with van der Waals surface area (Å²) in [5.41, 5.74) is 1.44. The third-order valence-electron chi connectivity index (χ3n) is 3.91. The Kier molecular flexibility index (Phi) is 5.08. The summed E-state index contributed by atoms with van der Waals surface area (Å²) in [5.74, 6) is -1.29. The van der Waals surface area contributed by atoms with Gasteiger partial charge in [0.2, 0.25) is 5.91 Å². The Balaban J connectivity index is 1.58. The van der Waals surface area contributed by atoms with Crippen LogP contribution in [0.1, 0.15) is 18.5 Å². The van der Waals surface area contributed by atoms with Gasteiger partial charge in [-0.05, 0) is 31.0 Å². The molecule has 0 unspecified atom stereocenters. The summed E-state index contributed by atoms with van der Waals surface area (Å²) in [7, 11) is 0. The second-order valence-electron chi connectivity index (χ2n) is 5.72. The summed E-state index contributed by atoms with van der Waals surface area (Å²) in [6.07, 6.45) is 1.14. The van der Waals surface area contributed by atoms with Crippen LogP contribution in [-0.4, -0.2) is 28.0 Å². The number of hydrogen-bond donors (Lipinski definition) is 2. The molecule has 1 aromatic heterocycles. The third kappa shape index (κ3) is 3.88. The Bertz CT molecular complexity index is 787. The zero-order valence-corrected chi connectivity index (χ0v) is 14.8. The summed E-state index contributed by atoms with van der Waals surface area (Å²) in [4.78, 5) is 27.2. The molecular formula is C16H14Cl2N2O3S. The molecule has 1 aliphatic rings. The van der Waals surface area contributed by atoms with Crippen molar-refractivity contribution in [3.63, 3.8) is 0 Å². The number of thiazole rings is 1. The number of amides is 1. The Morgan fingerprint density at radius 3 is 2.75 bits per heavy atom. The fourth-order valence-corrected chi connectivity index (χ4v) is 3.97. The van der Waals surface area contributed by atoms with Gasteiger partial charge < -0.3 is 10.4 Å². The van der Waals surface area contributed by atoms with E-state index in [1.807, 2.05) is 5.38 Å². The molecule has 24 heavy (non-hydrogen) atoms. The SMILES string of the molecule is O=C(Cc1csc(-c2ccc(Cl)cc2Cl)n1)NC1CC(C(=O)O)C1. The van der Waals surface area contributed by atoms with Crippen LogP contribution >= 0.6 is 34.5 Å². The number of carbonyl (C=O) groups is 2. The second kappa shape index (κ2) is 7.09. The van der Waals surface area contributed by atoms with Crippen molar-refractivity contribution in [1.82, 2.24) is 10.3 Å². The van der Waals surface area contributed by atoms with Crippen LogP contribution in [0, 0.1) is 5.92 Å². The minimum atomic E-state index is -0.801. The number of carboxylic acids is 1. The highest BCUT2D eigenvalue weighted by Crippen LogP contribution is 2.32. The number of carboxylic acid groups (broad SMARTS) is 1. The second-order valence-corrected chi connectivity index (χ2v) is 7.42. The van der Waals surface area contributed by atoms with E-state index >= 15 is 0 Å². The van der Waals surface area contributed by atoms with Crippen molar-refractivity contribution >= 4 is 46.4 Å². The van der Waals surface area contributed by atoms with Gasteiger partial charge in [-0.25, -0.2) is 4.98 Å². The number of nitrogens with zero attached hydrogens (tertiary/aromatic N) is 1. The van der Waals surface area contributed by atoms with Crippen molar-refractivity contribution in [2.75, 3.05) is 0 Å². The van der Waals surface area contributed by atoms with E-state index in [4.69, 9.17) is 28.3 Å². The number of hydrogen-bond acceptors (Lipinski definition) is 4. The average molecular weight is 385 g/mol. The van der Waals surface area contributed by atoms with E-state index in [1.165, 1.54) is 11.3 Å². The fourth-order valence-electron chi connectivity index (χ4n) is 2.56. The highest BCUT2D eigenvalue weighted by molar-refractivity contribution is 7.13. The zero-order valence-electron chi connectivity index (χ0n) is 12.5. The molecule has 2 aromatic rings. The van der Waals surface area contributed by atoms with Gasteiger partial charge in [0.1, 0.15) is 5.01 Å². The number of halogens is 2. The fraction of sp³-hybridized carbons (Fsp3) is 0.312. The van der Waals surface area contributed by atoms with Gasteiger partial charge in [0, 0.05) is 22.0 Å². The van der Waals surface area contributed by atoms with Crippen LogP contribution in [0.2, 0.25) is 10.0 Å². The first-order valence-electron chi connectivity index (χ1n) is 7.34. The van der Waals surface area contributed by atoms with E-state index in [0.29, 0.717) is 28.6 Å². The Morgan fingerprint density at radius 2 is 2.08 bits per heavy atom. The molecule has 1 saturated carbocycles. The number of benzene rings is 1. The average Bonchev–Trinajstić information content (AvgIpc) is 2.90. The van der Waals surface area contributed by atoms with Gasteiger partial charge in [-0.3, -0.25) is 9.59 Å². The maximum absolute atomic E-state index is 12.0. The normalized spacial score (nSPS) is 19.6. The highest BCUT2D eigenvalue weighted by Gasteiger charge is 2.35. The molecule has 0 radical (unpaired) electrons. The van der Waals surface area contributed by atoms with Gasteiger partial charge >= 0.3 is 5.97 Å². The summed E-state index contributed by atoms with van der Waals surface area (Å²) in [6.45, 7) is 0. The Morgan fingerprint density at radius 1 is 1.33 bits per heavy atom. The minimum absolute atomic E-state index is 0.0533. The molecule has 3 rings (SSSR count). The molecule has 1 aliphatic carbocycles. The summed E-state index contributed by atoms with van der Waals surface area (Å²) in [6, 6.07) is 5.14. The lowest BCUT2D eigenvalue weighted by Gasteiger charge is -2.32. The maximum atomic E-state index is 12.0. The molecule has 0 aliphatic heterocycles. The van der Waals surface area contributed by atoms with E-state index in [9.17, 15) is 9.59 Å². The zero-order chi connectivity index (χ0) is 17.3. The number of aromatic nitrogens is 1. The molecule has 1 fully saturated rings. The van der Waals surface area contributed by atoms with Crippen molar-refractivity contribution in [2.45, 2.75) is 25.3 Å². The molecule has 126 valence electrons. The molecule has 0 bridgehead atoms. The molecule has 0 atom stereocenters. The number of nitrogens with one attached hydrogen (secondary N) is 1. The van der Waals surface area contributed by atoms with Crippen LogP contribution in [0.15, 0.2) is 23.6 Å². The van der Waals surface area contributed by atoms with Crippen molar-refractivity contribution < 1.29 is 14.7 Å². The van der Waals surface area contributed by atoms with E-state index in [-0.39, 0.29) is 24.3 Å². The molecule has 1 aromatic carbocycles. The van der Waals surface area contributed by atoms with Crippen molar-refractivity contribution in [3.05, 3.63) is 39.3 Å². The Labute approximate surface area is 152 Å². The van der Waals surface area contributed by atoms with Crippen LogP contribution in [0.25, 0.3) is 10.6 Å². The first-order chi connectivity index (χ1) is 11.4. The largest absolute Gasteiger partial charge is 0.481 e. The lowest BCUT2D eigenvalue weighted by Crippen LogP contribution is -2.47. The molecule has 0 spiro atoms. The van der Waals surface area contributed by atoms with Crippen LogP contribution in [0.4, 0.5) is 0 Å². The molecular weight excluding hydrogens is 371 g/mol. The van der Waals surface area contributed by atoms with Gasteiger partial charge in [0.05, 0.1) is 23.1 Å². The first-order valence-corrected chi connectivity index (χ1v) is 8.98. The lowest BCUT2D eigenvalue weighted by molar-refractivity contribution is -0.146.